The summed E-state index contributed by atoms with van der Waals surface area (Å²) in [6.07, 6.45) is 1.21. The summed E-state index contributed by atoms with van der Waals surface area (Å²) in [7, 11) is -1.40. The third kappa shape index (κ3) is 4.97. The van der Waals surface area contributed by atoms with Crippen LogP contribution in [0.4, 0.5) is 5.69 Å². The summed E-state index contributed by atoms with van der Waals surface area (Å²) in [5, 5.41) is 4.14. The average Bonchev–Trinajstić information content (AvgIpc) is 2.69. The fraction of sp³-hybridized carbons (Fsp3) is 0.350. The summed E-state index contributed by atoms with van der Waals surface area (Å²) < 4.78 is 23.1. The number of para-hydroxylation sites is 1. The van der Waals surface area contributed by atoms with E-state index in [9.17, 15) is 8.42 Å². The van der Waals surface area contributed by atoms with Crippen LogP contribution in [0.1, 0.15) is 5.56 Å². The van der Waals surface area contributed by atoms with Gasteiger partial charge in [-0.05, 0) is 29.8 Å². The highest BCUT2D eigenvalue weighted by atomic mass is 35.5. The van der Waals surface area contributed by atoms with Crippen molar-refractivity contribution in [3.8, 4) is 0 Å². The molecule has 0 aliphatic carbocycles. The lowest BCUT2D eigenvalue weighted by Gasteiger charge is -2.38. The van der Waals surface area contributed by atoms with Gasteiger partial charge >= 0.3 is 0 Å². The van der Waals surface area contributed by atoms with E-state index in [1.165, 1.54) is 6.26 Å². The van der Waals surface area contributed by atoms with Gasteiger partial charge in [-0.25, -0.2) is 8.42 Å². The minimum Gasteiger partial charge on any atom is -0.367 e. The van der Waals surface area contributed by atoms with Gasteiger partial charge in [-0.15, -0.1) is 0 Å². The maximum Gasteiger partial charge on any atom is 0.194 e. The van der Waals surface area contributed by atoms with Crippen molar-refractivity contribution in [1.82, 2.24) is 10.2 Å². The third-order valence-electron chi connectivity index (χ3n) is 4.79. The Hall–Kier alpha value is -2.25. The highest BCUT2D eigenvalue weighted by molar-refractivity contribution is 7.90. The summed E-state index contributed by atoms with van der Waals surface area (Å²) in [5.41, 5.74) is 2.07. The summed E-state index contributed by atoms with van der Waals surface area (Å²) in [5.74, 6) is 0.839. The zero-order valence-electron chi connectivity index (χ0n) is 16.1. The van der Waals surface area contributed by atoms with Gasteiger partial charge in [-0.3, -0.25) is 4.99 Å². The van der Waals surface area contributed by atoms with E-state index in [-0.39, 0.29) is 0 Å². The number of hydrogen-bond acceptors (Lipinski definition) is 4. The monoisotopic (exact) mass is 420 g/mol. The van der Waals surface area contributed by atoms with Crippen LogP contribution in [0, 0.1) is 0 Å². The second-order valence-electron chi connectivity index (χ2n) is 6.74. The Balaban J connectivity index is 1.56. The summed E-state index contributed by atoms with van der Waals surface area (Å²) in [4.78, 5) is 9.23. The SMILES string of the molecule is CN=C(NCc1ccc(S(C)(=O)=O)cc1)N1CCN(c2ccccc2Cl)CC1. The zero-order chi connectivity index (χ0) is 20.1. The first-order chi connectivity index (χ1) is 13.4. The van der Waals surface area contributed by atoms with E-state index in [1.807, 2.05) is 36.4 Å². The van der Waals surface area contributed by atoms with Crippen LogP contribution in [0.3, 0.4) is 0 Å². The van der Waals surface area contributed by atoms with Crippen molar-refractivity contribution in [3.05, 3.63) is 59.1 Å². The number of piperazine rings is 1. The maximum atomic E-state index is 11.6. The van der Waals surface area contributed by atoms with Gasteiger partial charge < -0.3 is 15.1 Å². The van der Waals surface area contributed by atoms with Gasteiger partial charge in [0.25, 0.3) is 0 Å². The van der Waals surface area contributed by atoms with Gasteiger partial charge in [-0.1, -0.05) is 35.9 Å². The Morgan fingerprint density at radius 1 is 1.07 bits per heavy atom. The van der Waals surface area contributed by atoms with Crippen LogP contribution in [0.25, 0.3) is 0 Å². The fourth-order valence-corrected chi connectivity index (χ4v) is 4.12. The van der Waals surface area contributed by atoms with Crippen molar-refractivity contribution >= 4 is 33.1 Å². The number of guanidine groups is 1. The first kappa shape index (κ1) is 20.5. The number of aliphatic imine (C=N–C) groups is 1. The van der Waals surface area contributed by atoms with Crippen LogP contribution < -0.4 is 10.2 Å². The predicted molar refractivity (Wildman–Crippen MR) is 115 cm³/mol. The van der Waals surface area contributed by atoms with E-state index in [0.717, 1.165) is 48.4 Å². The molecular formula is C20H25ClN4O2S. The van der Waals surface area contributed by atoms with Gasteiger partial charge in [0, 0.05) is 46.0 Å². The van der Waals surface area contributed by atoms with Crippen LogP contribution >= 0.6 is 11.6 Å². The first-order valence-corrected chi connectivity index (χ1v) is 11.4. The van der Waals surface area contributed by atoms with Crippen molar-refractivity contribution in [2.24, 2.45) is 4.99 Å². The number of sulfone groups is 1. The molecule has 2 aromatic carbocycles. The minimum absolute atomic E-state index is 0.330. The van der Waals surface area contributed by atoms with Crippen molar-refractivity contribution in [2.45, 2.75) is 11.4 Å². The predicted octanol–water partition coefficient (Wildman–Crippen LogP) is 2.64. The van der Waals surface area contributed by atoms with Crippen LogP contribution in [0.5, 0.6) is 0 Å². The maximum absolute atomic E-state index is 11.6. The highest BCUT2D eigenvalue weighted by Crippen LogP contribution is 2.26. The molecule has 1 aliphatic heterocycles. The molecule has 1 fully saturated rings. The summed E-state index contributed by atoms with van der Waals surface area (Å²) in [6.45, 7) is 4.01. The summed E-state index contributed by atoms with van der Waals surface area (Å²) >= 11 is 6.31. The normalized spacial score (nSPS) is 15.6. The lowest BCUT2D eigenvalue weighted by Crippen LogP contribution is -2.52. The molecule has 0 aromatic heterocycles. The quantitative estimate of drug-likeness (QED) is 0.608. The highest BCUT2D eigenvalue weighted by Gasteiger charge is 2.21. The Labute approximate surface area is 171 Å². The lowest BCUT2D eigenvalue weighted by atomic mass is 10.2. The molecule has 0 saturated carbocycles. The molecule has 0 amide bonds. The van der Waals surface area contributed by atoms with Crippen LogP contribution in [0.2, 0.25) is 5.02 Å². The molecule has 0 bridgehead atoms. The minimum atomic E-state index is -3.17. The van der Waals surface area contributed by atoms with Gasteiger partial charge in [0.2, 0.25) is 0 Å². The number of hydrogen-bond donors (Lipinski definition) is 1. The van der Waals surface area contributed by atoms with E-state index in [2.05, 4.69) is 20.1 Å². The van der Waals surface area contributed by atoms with Gasteiger partial charge in [-0.2, -0.15) is 0 Å². The number of halogens is 1. The third-order valence-corrected chi connectivity index (χ3v) is 6.23. The molecule has 3 rings (SSSR count). The molecule has 1 heterocycles. The van der Waals surface area contributed by atoms with Crippen molar-refractivity contribution in [3.63, 3.8) is 0 Å². The smallest absolute Gasteiger partial charge is 0.194 e. The van der Waals surface area contributed by atoms with E-state index < -0.39 is 9.84 Å². The molecule has 0 atom stereocenters. The van der Waals surface area contributed by atoms with Crippen molar-refractivity contribution < 1.29 is 8.42 Å². The Kier molecular flexibility index (Phi) is 6.46. The van der Waals surface area contributed by atoms with Crippen molar-refractivity contribution in [2.75, 3.05) is 44.4 Å². The largest absolute Gasteiger partial charge is 0.367 e. The Morgan fingerprint density at radius 2 is 1.71 bits per heavy atom. The second-order valence-corrected chi connectivity index (χ2v) is 9.17. The molecule has 0 unspecified atom stereocenters. The molecule has 0 radical (unpaired) electrons. The molecule has 150 valence electrons. The Bertz CT molecular complexity index is 937. The summed E-state index contributed by atoms with van der Waals surface area (Å²) in [6, 6.07) is 14.8. The fourth-order valence-electron chi connectivity index (χ4n) is 3.24. The number of anilines is 1. The van der Waals surface area contributed by atoms with E-state index in [1.54, 1.807) is 19.2 Å². The second kappa shape index (κ2) is 8.84. The molecule has 0 spiro atoms. The number of nitrogens with one attached hydrogen (secondary N) is 1. The zero-order valence-corrected chi connectivity index (χ0v) is 17.7. The molecule has 6 nitrogen and oxygen atoms in total. The molecule has 1 aliphatic rings. The van der Waals surface area contributed by atoms with Gasteiger partial charge in [0.1, 0.15) is 0 Å². The standard InChI is InChI=1S/C20H25ClN4O2S/c1-22-20(23-15-16-7-9-17(10-8-16)28(2,26)27)25-13-11-24(12-14-25)19-6-4-3-5-18(19)21/h3-10H,11-15H2,1-2H3,(H,22,23). The van der Waals surface area contributed by atoms with Gasteiger partial charge in [0.15, 0.2) is 15.8 Å². The topological polar surface area (TPSA) is 65.0 Å². The number of rotatable bonds is 4. The number of nitrogens with zero attached hydrogens (tertiary/aromatic N) is 3. The molecular weight excluding hydrogens is 396 g/mol. The van der Waals surface area contributed by atoms with Gasteiger partial charge in [0.05, 0.1) is 15.6 Å². The number of benzene rings is 2. The molecule has 8 heteroatoms. The van der Waals surface area contributed by atoms with Crippen molar-refractivity contribution in [1.29, 1.82) is 0 Å². The average molecular weight is 421 g/mol. The molecule has 1 saturated heterocycles. The van der Waals surface area contributed by atoms with E-state index >= 15 is 0 Å². The van der Waals surface area contributed by atoms with E-state index in [4.69, 9.17) is 11.6 Å². The molecule has 1 N–H and O–H groups in total. The Morgan fingerprint density at radius 3 is 2.29 bits per heavy atom. The molecule has 28 heavy (non-hydrogen) atoms. The first-order valence-electron chi connectivity index (χ1n) is 9.12. The van der Waals surface area contributed by atoms with Crippen LogP contribution in [-0.4, -0.2) is 58.8 Å². The molecule has 2 aromatic rings. The lowest BCUT2D eigenvalue weighted by molar-refractivity contribution is 0.372. The van der Waals surface area contributed by atoms with Crippen LogP contribution in [0.15, 0.2) is 58.4 Å². The van der Waals surface area contributed by atoms with Crippen LogP contribution in [-0.2, 0) is 16.4 Å². The van der Waals surface area contributed by atoms with E-state index in [0.29, 0.717) is 11.4 Å².